The Bertz CT molecular complexity index is 1370. The van der Waals surface area contributed by atoms with Gasteiger partial charge in [-0.2, -0.15) is 5.26 Å². The van der Waals surface area contributed by atoms with Gasteiger partial charge in [-0.3, -0.25) is 14.5 Å². The van der Waals surface area contributed by atoms with E-state index in [1.54, 1.807) is 35.0 Å². The molecule has 2 aliphatic rings. The summed E-state index contributed by atoms with van der Waals surface area (Å²) in [5.41, 5.74) is 1.24. The highest BCUT2D eigenvalue weighted by Crippen LogP contribution is 2.49. The molecule has 1 fully saturated rings. The molecule has 0 radical (unpaired) electrons. The molecule has 1 aromatic carbocycles. The fourth-order valence-electron chi connectivity index (χ4n) is 4.59. The van der Waals surface area contributed by atoms with Crippen LogP contribution in [0.3, 0.4) is 0 Å². The van der Waals surface area contributed by atoms with E-state index in [0.29, 0.717) is 47.2 Å². The quantitative estimate of drug-likeness (QED) is 0.518. The minimum absolute atomic E-state index is 0.118. The maximum absolute atomic E-state index is 13.3. The first-order valence-corrected chi connectivity index (χ1v) is 9.78. The van der Waals surface area contributed by atoms with Gasteiger partial charge in [0.1, 0.15) is 18.4 Å². The number of carbonyl (C=O) groups excluding carboxylic acids is 1. The van der Waals surface area contributed by atoms with Gasteiger partial charge in [-0.05, 0) is 30.7 Å². The number of nitrogens with zero attached hydrogens (tertiary/aromatic N) is 5. The summed E-state index contributed by atoms with van der Waals surface area (Å²) in [7, 11) is 0. The van der Waals surface area contributed by atoms with Gasteiger partial charge in [0.2, 0.25) is 5.88 Å². The second-order valence-corrected chi connectivity index (χ2v) is 7.47. The highest BCUT2D eigenvalue weighted by atomic mass is 16.6. The normalized spacial score (nSPS) is 18.6. The van der Waals surface area contributed by atoms with Crippen molar-refractivity contribution in [3.8, 4) is 30.0 Å². The van der Waals surface area contributed by atoms with Gasteiger partial charge in [0.05, 0.1) is 28.9 Å². The number of pyridine rings is 1. The smallest absolute Gasteiger partial charge is 0.410 e. The molecule has 2 bridgehead atoms. The standard InChI is InChI=1S/C22H17N5O4/c1-2-3-9-31-22(30)25-12-14-10-17(25)19-20(28)27(21(29)26(14)19)16-7-6-13(11-23)18-15(16)5-4-8-24-18/h1,4-8,14,17,28H,3,9-10,12H2/t14-,17?/m1/s1. The lowest BCUT2D eigenvalue weighted by Crippen LogP contribution is -2.38. The van der Waals surface area contributed by atoms with E-state index >= 15 is 0 Å². The zero-order valence-electron chi connectivity index (χ0n) is 16.4. The number of nitriles is 1. The minimum atomic E-state index is -0.512. The summed E-state index contributed by atoms with van der Waals surface area (Å²) in [6, 6.07) is 8.03. The monoisotopic (exact) mass is 415 g/mol. The van der Waals surface area contributed by atoms with E-state index in [0.717, 1.165) is 0 Å². The first-order valence-electron chi connectivity index (χ1n) is 9.78. The molecule has 0 saturated carbocycles. The van der Waals surface area contributed by atoms with Crippen molar-refractivity contribution in [1.29, 1.82) is 5.26 Å². The lowest BCUT2D eigenvalue weighted by atomic mass is 10.1. The molecular weight excluding hydrogens is 398 g/mol. The van der Waals surface area contributed by atoms with Crippen molar-refractivity contribution in [2.45, 2.75) is 24.9 Å². The van der Waals surface area contributed by atoms with Crippen LogP contribution >= 0.6 is 0 Å². The second-order valence-electron chi connectivity index (χ2n) is 7.47. The van der Waals surface area contributed by atoms with Crippen molar-refractivity contribution in [3.63, 3.8) is 0 Å². The van der Waals surface area contributed by atoms with Crippen LogP contribution in [0, 0.1) is 23.7 Å². The fraction of sp³-hybridized carbons (Fsp3) is 0.273. The molecular formula is C22H17N5O4. The molecule has 9 heteroatoms. The zero-order valence-corrected chi connectivity index (χ0v) is 16.4. The summed E-state index contributed by atoms with van der Waals surface area (Å²) in [4.78, 5) is 31.5. The van der Waals surface area contributed by atoms with Crippen LogP contribution < -0.4 is 5.69 Å². The Kier molecular flexibility index (Phi) is 4.19. The third-order valence-corrected chi connectivity index (χ3v) is 5.87. The summed E-state index contributed by atoms with van der Waals surface area (Å²) in [5, 5.41) is 21.0. The number of carbonyl (C=O) groups is 1. The highest BCUT2D eigenvalue weighted by molar-refractivity contribution is 5.91. The average Bonchev–Trinajstić information content (AvgIpc) is 3.45. The molecule has 2 aliphatic heterocycles. The highest BCUT2D eigenvalue weighted by Gasteiger charge is 2.49. The number of aromatic hydroxyl groups is 1. The Morgan fingerprint density at radius 2 is 2.23 bits per heavy atom. The number of fused-ring (bicyclic) bond motifs is 6. The first-order chi connectivity index (χ1) is 15.1. The predicted molar refractivity (Wildman–Crippen MR) is 110 cm³/mol. The third-order valence-electron chi connectivity index (χ3n) is 5.87. The maximum atomic E-state index is 13.3. The van der Waals surface area contributed by atoms with Crippen molar-refractivity contribution >= 4 is 17.0 Å². The first kappa shape index (κ1) is 18.8. The molecule has 1 amide bonds. The summed E-state index contributed by atoms with van der Waals surface area (Å²) < 4.78 is 7.97. The molecule has 1 N–H and O–H groups in total. The molecule has 1 saturated heterocycles. The molecule has 4 heterocycles. The Labute approximate surface area is 176 Å². The molecule has 0 aliphatic carbocycles. The SMILES string of the molecule is C#CCCOC(=O)N1C[C@H]2CC1c1c(O)n(-c3ccc(C#N)c4ncccc34)c(=O)n12. The van der Waals surface area contributed by atoms with Crippen LogP contribution in [0.25, 0.3) is 16.6 Å². The largest absolute Gasteiger partial charge is 0.493 e. The molecule has 9 nitrogen and oxygen atoms in total. The van der Waals surface area contributed by atoms with Gasteiger partial charge < -0.3 is 9.84 Å². The van der Waals surface area contributed by atoms with Crippen molar-refractivity contribution in [2.75, 3.05) is 13.2 Å². The van der Waals surface area contributed by atoms with E-state index in [9.17, 15) is 20.0 Å². The van der Waals surface area contributed by atoms with Gasteiger partial charge >= 0.3 is 11.8 Å². The number of rotatable bonds is 3. The minimum Gasteiger partial charge on any atom is -0.493 e. The van der Waals surface area contributed by atoms with Gasteiger partial charge in [0.15, 0.2) is 0 Å². The second kappa shape index (κ2) is 6.92. The summed E-state index contributed by atoms with van der Waals surface area (Å²) >= 11 is 0. The van der Waals surface area contributed by atoms with Crippen LogP contribution in [-0.4, -0.2) is 43.4 Å². The number of benzene rings is 1. The van der Waals surface area contributed by atoms with Gasteiger partial charge in [-0.15, -0.1) is 12.3 Å². The van der Waals surface area contributed by atoms with E-state index in [1.165, 1.54) is 9.47 Å². The number of terminal acetylenes is 1. The third kappa shape index (κ3) is 2.60. The molecule has 31 heavy (non-hydrogen) atoms. The number of aromatic nitrogens is 3. The summed E-state index contributed by atoms with van der Waals surface area (Å²) in [6.07, 6.45) is 7.11. The Hall–Kier alpha value is -4.24. The Balaban J connectivity index is 1.60. The predicted octanol–water partition coefficient (Wildman–Crippen LogP) is 2.23. The molecule has 1 unspecified atom stereocenters. The number of amides is 1. The molecule has 154 valence electrons. The van der Waals surface area contributed by atoms with E-state index in [-0.39, 0.29) is 18.5 Å². The van der Waals surface area contributed by atoms with Crippen molar-refractivity contribution in [1.82, 2.24) is 19.0 Å². The van der Waals surface area contributed by atoms with Crippen LogP contribution in [0.2, 0.25) is 0 Å². The van der Waals surface area contributed by atoms with Crippen LogP contribution in [0.5, 0.6) is 5.88 Å². The molecule has 0 spiro atoms. The van der Waals surface area contributed by atoms with Gasteiger partial charge in [0.25, 0.3) is 0 Å². The Morgan fingerprint density at radius 3 is 3.00 bits per heavy atom. The lowest BCUT2D eigenvalue weighted by Gasteiger charge is -2.26. The van der Waals surface area contributed by atoms with Gasteiger partial charge in [-0.25, -0.2) is 14.2 Å². The van der Waals surface area contributed by atoms with E-state index < -0.39 is 17.8 Å². The molecule has 2 atom stereocenters. The number of imidazole rings is 1. The number of ether oxygens (including phenoxy) is 1. The van der Waals surface area contributed by atoms with Crippen LogP contribution in [0.1, 0.15) is 36.2 Å². The van der Waals surface area contributed by atoms with E-state index in [4.69, 9.17) is 11.2 Å². The van der Waals surface area contributed by atoms with Gasteiger partial charge in [0, 0.05) is 24.5 Å². The van der Waals surface area contributed by atoms with Crippen molar-refractivity contribution in [3.05, 3.63) is 52.2 Å². The number of hydrogen-bond acceptors (Lipinski definition) is 6. The Morgan fingerprint density at radius 1 is 1.39 bits per heavy atom. The van der Waals surface area contributed by atoms with Crippen molar-refractivity contribution in [2.24, 2.45) is 0 Å². The zero-order chi connectivity index (χ0) is 21.7. The number of hydrogen-bond donors (Lipinski definition) is 1. The molecule has 5 rings (SSSR count). The topological polar surface area (TPSA) is 113 Å². The summed E-state index contributed by atoms with van der Waals surface area (Å²) in [6.45, 7) is 0.443. The van der Waals surface area contributed by atoms with Crippen molar-refractivity contribution < 1.29 is 14.6 Å². The summed E-state index contributed by atoms with van der Waals surface area (Å²) in [5.74, 6) is 2.19. The van der Waals surface area contributed by atoms with E-state index in [1.807, 2.05) is 0 Å². The molecule has 2 aromatic heterocycles. The van der Waals surface area contributed by atoms with E-state index in [2.05, 4.69) is 17.0 Å². The van der Waals surface area contributed by atoms with Crippen LogP contribution in [-0.2, 0) is 4.74 Å². The average molecular weight is 415 g/mol. The van der Waals surface area contributed by atoms with Gasteiger partial charge in [-0.1, -0.05) is 0 Å². The molecule has 3 aromatic rings. The van der Waals surface area contributed by atoms with Crippen LogP contribution in [0.15, 0.2) is 35.3 Å². The number of likely N-dealkylation sites (tertiary alicyclic amines) is 1. The van der Waals surface area contributed by atoms with Crippen LogP contribution in [0.4, 0.5) is 4.79 Å². The maximum Gasteiger partial charge on any atom is 0.410 e. The fourth-order valence-corrected chi connectivity index (χ4v) is 4.59. The lowest BCUT2D eigenvalue weighted by molar-refractivity contribution is 0.0946.